The lowest BCUT2D eigenvalue weighted by atomic mass is 9.94. The number of pyridine rings is 1. The Hall–Kier alpha value is -2.55. The first-order valence-corrected chi connectivity index (χ1v) is 13.7. The molecule has 4 heterocycles. The Balaban J connectivity index is 1.12. The SMILES string of the molecule is C[C@H]1CCc2ccc(CCCCO[C@@H]3CCN([C@H](C(=O)O)c4cc(F)ccc4[C@@H]4CCCO4)C3)nc2N1. The monoisotopic (exact) mass is 511 g/mol. The molecule has 200 valence electrons. The van der Waals surface area contributed by atoms with E-state index >= 15 is 0 Å². The molecule has 2 aromatic rings. The minimum Gasteiger partial charge on any atom is -0.480 e. The Morgan fingerprint density at radius 2 is 2.16 bits per heavy atom. The molecule has 3 aliphatic rings. The zero-order chi connectivity index (χ0) is 25.8. The number of aryl methyl sites for hydroxylation is 2. The molecular formula is C29H38FN3O4. The van der Waals surface area contributed by atoms with E-state index in [2.05, 4.69) is 24.4 Å². The molecule has 7 nitrogen and oxygen atoms in total. The molecule has 5 rings (SSSR count). The number of carboxylic acids is 1. The number of rotatable bonds is 10. The summed E-state index contributed by atoms with van der Waals surface area (Å²) >= 11 is 0. The maximum Gasteiger partial charge on any atom is 0.325 e. The van der Waals surface area contributed by atoms with Crippen LogP contribution in [0.15, 0.2) is 30.3 Å². The van der Waals surface area contributed by atoms with Crippen LogP contribution in [0, 0.1) is 5.82 Å². The van der Waals surface area contributed by atoms with Crippen molar-refractivity contribution in [2.75, 3.05) is 31.6 Å². The van der Waals surface area contributed by atoms with Crippen molar-refractivity contribution in [1.29, 1.82) is 0 Å². The van der Waals surface area contributed by atoms with Crippen LogP contribution in [0.25, 0.3) is 0 Å². The van der Waals surface area contributed by atoms with Crippen LogP contribution in [0.2, 0.25) is 0 Å². The van der Waals surface area contributed by atoms with Gasteiger partial charge in [0.2, 0.25) is 0 Å². The van der Waals surface area contributed by atoms with Crippen LogP contribution in [-0.4, -0.2) is 59.4 Å². The maximum absolute atomic E-state index is 14.2. The second kappa shape index (κ2) is 11.9. The highest BCUT2D eigenvalue weighted by molar-refractivity contribution is 5.76. The van der Waals surface area contributed by atoms with E-state index in [1.165, 1.54) is 17.7 Å². The average molecular weight is 512 g/mol. The van der Waals surface area contributed by atoms with E-state index in [4.69, 9.17) is 14.5 Å². The second-order valence-electron chi connectivity index (χ2n) is 10.6. The van der Waals surface area contributed by atoms with Gasteiger partial charge in [-0.15, -0.1) is 0 Å². The molecule has 0 spiro atoms. The largest absolute Gasteiger partial charge is 0.480 e. The number of unbranched alkanes of at least 4 members (excludes halogenated alkanes) is 1. The van der Waals surface area contributed by atoms with Gasteiger partial charge in [-0.25, -0.2) is 9.37 Å². The van der Waals surface area contributed by atoms with Gasteiger partial charge in [-0.1, -0.05) is 12.1 Å². The quantitative estimate of drug-likeness (QED) is 0.432. The first-order chi connectivity index (χ1) is 18.0. The number of fused-ring (bicyclic) bond motifs is 1. The van der Waals surface area contributed by atoms with Gasteiger partial charge in [-0.2, -0.15) is 0 Å². The minimum absolute atomic E-state index is 0.0193. The number of carbonyl (C=O) groups is 1. The van der Waals surface area contributed by atoms with E-state index in [9.17, 15) is 14.3 Å². The molecule has 0 amide bonds. The molecule has 0 aliphatic carbocycles. The summed E-state index contributed by atoms with van der Waals surface area (Å²) in [6.07, 6.45) is 7.39. The summed E-state index contributed by atoms with van der Waals surface area (Å²) in [5.41, 5.74) is 3.70. The lowest BCUT2D eigenvalue weighted by molar-refractivity contribution is -0.143. The Bertz CT molecular complexity index is 1090. The van der Waals surface area contributed by atoms with Crippen LogP contribution in [0.1, 0.15) is 80.0 Å². The van der Waals surface area contributed by atoms with E-state index in [-0.39, 0.29) is 12.2 Å². The van der Waals surface area contributed by atoms with E-state index in [0.29, 0.717) is 37.9 Å². The molecule has 1 aromatic carbocycles. The van der Waals surface area contributed by atoms with Crippen molar-refractivity contribution in [3.05, 3.63) is 58.5 Å². The average Bonchev–Trinajstić information content (AvgIpc) is 3.57. The summed E-state index contributed by atoms with van der Waals surface area (Å²) in [5.74, 6) is -0.354. The Kier molecular flexibility index (Phi) is 8.37. The van der Waals surface area contributed by atoms with E-state index in [1.54, 1.807) is 6.07 Å². The van der Waals surface area contributed by atoms with Crippen molar-refractivity contribution in [3.63, 3.8) is 0 Å². The van der Waals surface area contributed by atoms with E-state index in [0.717, 1.165) is 68.4 Å². The van der Waals surface area contributed by atoms with Gasteiger partial charge in [0.25, 0.3) is 0 Å². The van der Waals surface area contributed by atoms with Crippen LogP contribution in [0.5, 0.6) is 0 Å². The predicted octanol–water partition coefficient (Wildman–Crippen LogP) is 5.06. The van der Waals surface area contributed by atoms with Gasteiger partial charge in [-0.3, -0.25) is 9.69 Å². The minimum atomic E-state index is -0.966. The van der Waals surface area contributed by atoms with Crippen molar-refractivity contribution in [2.45, 2.75) is 82.6 Å². The number of aromatic nitrogens is 1. The molecule has 37 heavy (non-hydrogen) atoms. The van der Waals surface area contributed by atoms with Crippen molar-refractivity contribution in [3.8, 4) is 0 Å². The topological polar surface area (TPSA) is 83.9 Å². The fraction of sp³-hybridized carbons (Fsp3) is 0.586. The molecule has 0 saturated carbocycles. The van der Waals surface area contributed by atoms with Crippen LogP contribution in [0.3, 0.4) is 0 Å². The van der Waals surface area contributed by atoms with Crippen molar-refractivity contribution in [1.82, 2.24) is 9.88 Å². The third-order valence-corrected chi connectivity index (χ3v) is 7.84. The first-order valence-electron chi connectivity index (χ1n) is 13.7. The normalized spacial score (nSPS) is 24.5. The first kappa shape index (κ1) is 26.1. The Labute approximate surface area is 218 Å². The number of anilines is 1. The highest BCUT2D eigenvalue weighted by atomic mass is 19.1. The fourth-order valence-corrected chi connectivity index (χ4v) is 5.84. The number of carboxylic acid groups (broad SMARTS) is 1. The van der Waals surface area contributed by atoms with Crippen molar-refractivity contribution >= 4 is 11.8 Å². The highest BCUT2D eigenvalue weighted by Crippen LogP contribution is 2.37. The van der Waals surface area contributed by atoms with E-state index < -0.39 is 17.8 Å². The molecule has 0 radical (unpaired) electrons. The number of benzene rings is 1. The number of aliphatic carboxylic acids is 1. The molecule has 2 fully saturated rings. The van der Waals surface area contributed by atoms with Gasteiger partial charge in [0.1, 0.15) is 17.7 Å². The number of hydrogen-bond donors (Lipinski definition) is 2. The van der Waals surface area contributed by atoms with Gasteiger partial charge < -0.3 is 19.9 Å². The Morgan fingerprint density at radius 1 is 1.27 bits per heavy atom. The maximum atomic E-state index is 14.2. The zero-order valence-corrected chi connectivity index (χ0v) is 21.6. The smallest absolute Gasteiger partial charge is 0.325 e. The highest BCUT2D eigenvalue weighted by Gasteiger charge is 2.37. The number of ether oxygens (including phenoxy) is 2. The number of nitrogens with zero attached hydrogens (tertiary/aromatic N) is 2. The standard InChI is InChI=1S/C29H38FN3O4/c1-19-7-8-20-9-11-22(32-28(20)31-19)5-2-3-15-36-23-13-14-33(18-23)27(29(34)35)25-17-21(30)10-12-24(25)26-6-4-16-37-26/h9-12,17,19,23,26-27H,2-8,13-16,18H2,1H3,(H,31,32)(H,34,35)/t19-,23+,26-,27-/m0/s1. The van der Waals surface area contributed by atoms with Gasteiger partial charge in [0, 0.05) is 38.0 Å². The molecule has 3 aliphatic heterocycles. The molecule has 0 unspecified atom stereocenters. The van der Waals surface area contributed by atoms with Crippen LogP contribution < -0.4 is 5.32 Å². The van der Waals surface area contributed by atoms with Crippen LogP contribution in [-0.2, 0) is 27.1 Å². The third kappa shape index (κ3) is 6.30. The van der Waals surface area contributed by atoms with Gasteiger partial charge in [-0.05, 0) is 93.2 Å². The molecule has 2 N–H and O–H groups in total. The van der Waals surface area contributed by atoms with Crippen LogP contribution in [0.4, 0.5) is 10.2 Å². The number of likely N-dealkylation sites (tertiary alicyclic amines) is 1. The van der Waals surface area contributed by atoms with Gasteiger partial charge >= 0.3 is 5.97 Å². The second-order valence-corrected chi connectivity index (χ2v) is 10.6. The molecular weight excluding hydrogens is 473 g/mol. The van der Waals surface area contributed by atoms with Crippen molar-refractivity contribution in [2.24, 2.45) is 0 Å². The molecule has 4 atom stereocenters. The molecule has 8 heteroatoms. The lowest BCUT2D eigenvalue weighted by Crippen LogP contribution is -2.34. The molecule has 0 bridgehead atoms. The number of halogens is 1. The molecule has 2 saturated heterocycles. The Morgan fingerprint density at radius 3 is 2.97 bits per heavy atom. The van der Waals surface area contributed by atoms with Crippen molar-refractivity contribution < 1.29 is 23.8 Å². The van der Waals surface area contributed by atoms with Gasteiger partial charge in [0.15, 0.2) is 0 Å². The third-order valence-electron chi connectivity index (χ3n) is 7.84. The van der Waals surface area contributed by atoms with E-state index in [1.807, 2.05) is 4.90 Å². The molecule has 1 aromatic heterocycles. The number of nitrogens with one attached hydrogen (secondary N) is 1. The summed E-state index contributed by atoms with van der Waals surface area (Å²) < 4.78 is 26.1. The van der Waals surface area contributed by atoms with Gasteiger partial charge in [0.05, 0.1) is 12.2 Å². The van der Waals surface area contributed by atoms with Crippen LogP contribution >= 0.6 is 0 Å². The summed E-state index contributed by atoms with van der Waals surface area (Å²) in [5, 5.41) is 13.6. The summed E-state index contributed by atoms with van der Waals surface area (Å²) in [6.45, 7) is 4.61. The lowest BCUT2D eigenvalue weighted by Gasteiger charge is -2.28. The summed E-state index contributed by atoms with van der Waals surface area (Å²) in [6, 6.07) is 8.35. The predicted molar refractivity (Wildman–Crippen MR) is 139 cm³/mol. The zero-order valence-electron chi connectivity index (χ0n) is 21.6. The summed E-state index contributed by atoms with van der Waals surface area (Å²) in [7, 11) is 0. The number of hydrogen-bond acceptors (Lipinski definition) is 6. The summed E-state index contributed by atoms with van der Waals surface area (Å²) in [4.78, 5) is 19.1. The fourth-order valence-electron chi connectivity index (χ4n) is 5.84.